The maximum atomic E-state index is 5.94. The number of benzene rings is 1. The number of hydrogen-bond acceptors (Lipinski definition) is 6. The van der Waals surface area contributed by atoms with Gasteiger partial charge < -0.3 is 9.15 Å². The molecule has 5 rings (SSSR count). The lowest BCUT2D eigenvalue weighted by Crippen LogP contribution is -1.93. The predicted octanol–water partition coefficient (Wildman–Crippen LogP) is 5.36. The molecular weight excluding hydrogens is 384 g/mol. The molecule has 6 nitrogen and oxygen atoms in total. The van der Waals surface area contributed by atoms with Crippen molar-refractivity contribution in [2.45, 2.75) is 33.8 Å². The fourth-order valence-electron chi connectivity index (χ4n) is 3.53. The van der Waals surface area contributed by atoms with Crippen LogP contribution in [0, 0.1) is 13.8 Å². The molecule has 0 fully saturated rings. The van der Waals surface area contributed by atoms with Gasteiger partial charge in [-0.1, -0.05) is 19.1 Å². The largest absolute Gasteiger partial charge is 0.486 e. The molecule has 0 amide bonds. The summed E-state index contributed by atoms with van der Waals surface area (Å²) >= 11 is 1.70. The average Bonchev–Trinajstić information content (AvgIpc) is 3.41. The molecule has 0 aliphatic carbocycles. The fraction of sp³-hybridized carbons (Fsp3) is 0.227. The second kappa shape index (κ2) is 7.00. The Morgan fingerprint density at radius 2 is 2.07 bits per heavy atom. The maximum Gasteiger partial charge on any atom is 0.217 e. The normalized spacial score (nSPS) is 11.6. The summed E-state index contributed by atoms with van der Waals surface area (Å²) < 4.78 is 13.5. The minimum Gasteiger partial charge on any atom is -0.486 e. The van der Waals surface area contributed by atoms with Crippen molar-refractivity contribution in [2.24, 2.45) is 0 Å². The van der Waals surface area contributed by atoms with Crippen LogP contribution in [0.25, 0.3) is 27.4 Å². The van der Waals surface area contributed by atoms with Gasteiger partial charge in [0.15, 0.2) is 11.4 Å². The molecule has 0 spiro atoms. The Bertz CT molecular complexity index is 1330. The Morgan fingerprint density at radius 1 is 1.17 bits per heavy atom. The van der Waals surface area contributed by atoms with Gasteiger partial charge in [-0.25, -0.2) is 14.5 Å². The van der Waals surface area contributed by atoms with E-state index in [-0.39, 0.29) is 0 Å². The molecule has 4 aromatic heterocycles. The molecule has 146 valence electrons. The van der Waals surface area contributed by atoms with Gasteiger partial charge in [0, 0.05) is 4.88 Å². The first-order chi connectivity index (χ1) is 14.1. The van der Waals surface area contributed by atoms with Crippen LogP contribution in [-0.4, -0.2) is 19.6 Å². The number of aromatic nitrogens is 4. The molecule has 0 saturated heterocycles. The van der Waals surface area contributed by atoms with Crippen molar-refractivity contribution in [3.05, 3.63) is 64.5 Å². The molecule has 7 heteroatoms. The fourth-order valence-corrected chi connectivity index (χ4v) is 4.61. The summed E-state index contributed by atoms with van der Waals surface area (Å²) in [6.07, 6.45) is 2.66. The second-order valence-corrected chi connectivity index (χ2v) is 8.19. The third-order valence-corrected chi connectivity index (χ3v) is 5.99. The predicted molar refractivity (Wildman–Crippen MR) is 113 cm³/mol. The molecule has 29 heavy (non-hydrogen) atoms. The van der Waals surface area contributed by atoms with Crippen LogP contribution in [0.3, 0.4) is 0 Å². The third-order valence-electron chi connectivity index (χ3n) is 4.94. The van der Waals surface area contributed by atoms with E-state index in [1.54, 1.807) is 22.2 Å². The molecule has 1 aromatic carbocycles. The van der Waals surface area contributed by atoms with Gasteiger partial charge in [-0.2, -0.15) is 0 Å². The first kappa shape index (κ1) is 17.9. The van der Waals surface area contributed by atoms with E-state index < -0.39 is 0 Å². The van der Waals surface area contributed by atoms with E-state index in [4.69, 9.17) is 14.1 Å². The molecule has 0 atom stereocenters. The van der Waals surface area contributed by atoms with E-state index in [0.29, 0.717) is 18.2 Å². The van der Waals surface area contributed by atoms with Crippen LogP contribution >= 0.6 is 11.3 Å². The summed E-state index contributed by atoms with van der Waals surface area (Å²) in [7, 11) is 0. The highest BCUT2D eigenvalue weighted by Crippen LogP contribution is 2.33. The molecule has 0 aliphatic heterocycles. The SMILES string of the molecule is CCc1c(C)sc2ncn3nc(-c4ccc(COc5cccc(C)c5)o4)nc3c12. The number of rotatable bonds is 5. The van der Waals surface area contributed by atoms with Gasteiger partial charge in [0.05, 0.1) is 5.39 Å². The summed E-state index contributed by atoms with van der Waals surface area (Å²) in [5, 5.41) is 5.66. The van der Waals surface area contributed by atoms with Crippen LogP contribution < -0.4 is 4.74 Å². The highest BCUT2D eigenvalue weighted by atomic mass is 32.1. The standard InChI is InChI=1S/C22H20N4O2S/c1-4-17-14(3)29-22-19(17)21-24-20(25-26(21)12-23-22)18-9-8-16(28-18)11-27-15-7-5-6-13(2)10-15/h5-10,12H,4,11H2,1-3H3. The zero-order valence-corrected chi connectivity index (χ0v) is 17.3. The van der Waals surface area contributed by atoms with Crippen LogP contribution in [0.15, 0.2) is 47.1 Å². The Kier molecular flexibility index (Phi) is 4.32. The van der Waals surface area contributed by atoms with Crippen molar-refractivity contribution in [3.8, 4) is 17.3 Å². The molecule has 0 radical (unpaired) electrons. The maximum absolute atomic E-state index is 5.94. The van der Waals surface area contributed by atoms with E-state index in [2.05, 4.69) is 23.9 Å². The lowest BCUT2D eigenvalue weighted by atomic mass is 10.1. The minimum atomic E-state index is 0.354. The van der Waals surface area contributed by atoms with Crippen molar-refractivity contribution in [1.29, 1.82) is 0 Å². The van der Waals surface area contributed by atoms with Crippen LogP contribution in [0.4, 0.5) is 0 Å². The zero-order valence-electron chi connectivity index (χ0n) is 16.5. The highest BCUT2D eigenvalue weighted by molar-refractivity contribution is 7.18. The topological polar surface area (TPSA) is 65.5 Å². The number of thiophene rings is 1. The number of aryl methyl sites for hydroxylation is 3. The van der Waals surface area contributed by atoms with Crippen molar-refractivity contribution >= 4 is 27.2 Å². The molecule has 0 saturated carbocycles. The first-order valence-corrected chi connectivity index (χ1v) is 10.4. The summed E-state index contributed by atoms with van der Waals surface area (Å²) in [6.45, 7) is 6.68. The van der Waals surface area contributed by atoms with Gasteiger partial charge in [0.25, 0.3) is 0 Å². The number of fused-ring (bicyclic) bond motifs is 3. The van der Waals surface area contributed by atoms with E-state index in [0.717, 1.165) is 39.4 Å². The Hall–Kier alpha value is -3.19. The van der Waals surface area contributed by atoms with Crippen molar-refractivity contribution in [3.63, 3.8) is 0 Å². The highest BCUT2D eigenvalue weighted by Gasteiger charge is 2.17. The van der Waals surface area contributed by atoms with E-state index in [9.17, 15) is 0 Å². The summed E-state index contributed by atoms with van der Waals surface area (Å²) in [5.74, 6) is 2.72. The quantitative estimate of drug-likeness (QED) is 0.395. The van der Waals surface area contributed by atoms with Crippen LogP contribution in [0.1, 0.15) is 28.7 Å². The van der Waals surface area contributed by atoms with E-state index in [1.165, 1.54) is 10.4 Å². The van der Waals surface area contributed by atoms with Crippen molar-refractivity contribution in [2.75, 3.05) is 0 Å². The zero-order chi connectivity index (χ0) is 20.0. The Morgan fingerprint density at radius 3 is 2.90 bits per heavy atom. The summed E-state index contributed by atoms with van der Waals surface area (Å²) in [6, 6.07) is 11.7. The number of furan rings is 1. The molecule has 4 heterocycles. The Labute approximate surface area is 171 Å². The van der Waals surface area contributed by atoms with Crippen LogP contribution in [0.2, 0.25) is 0 Å². The third kappa shape index (κ3) is 3.17. The van der Waals surface area contributed by atoms with Crippen LogP contribution in [0.5, 0.6) is 5.75 Å². The first-order valence-electron chi connectivity index (χ1n) is 9.54. The molecule has 5 aromatic rings. The monoisotopic (exact) mass is 404 g/mol. The molecule has 0 aliphatic rings. The summed E-state index contributed by atoms with van der Waals surface area (Å²) in [5.41, 5.74) is 3.26. The lowest BCUT2D eigenvalue weighted by molar-refractivity contribution is 0.271. The second-order valence-electron chi connectivity index (χ2n) is 6.99. The number of nitrogens with zero attached hydrogens (tertiary/aromatic N) is 4. The van der Waals surface area contributed by atoms with Gasteiger partial charge in [-0.15, -0.1) is 16.4 Å². The van der Waals surface area contributed by atoms with Gasteiger partial charge >= 0.3 is 0 Å². The van der Waals surface area contributed by atoms with Gasteiger partial charge in [0.1, 0.15) is 29.3 Å². The van der Waals surface area contributed by atoms with E-state index >= 15 is 0 Å². The van der Waals surface area contributed by atoms with Gasteiger partial charge in [0.2, 0.25) is 5.82 Å². The van der Waals surface area contributed by atoms with E-state index in [1.807, 2.05) is 43.3 Å². The number of ether oxygens (including phenoxy) is 1. The van der Waals surface area contributed by atoms with Gasteiger partial charge in [-0.3, -0.25) is 0 Å². The van der Waals surface area contributed by atoms with Crippen molar-refractivity contribution in [1.82, 2.24) is 19.6 Å². The average molecular weight is 404 g/mol. The molecule has 0 N–H and O–H groups in total. The van der Waals surface area contributed by atoms with Gasteiger partial charge in [-0.05, 0) is 55.7 Å². The molecule has 0 unspecified atom stereocenters. The molecule has 0 bridgehead atoms. The van der Waals surface area contributed by atoms with Crippen molar-refractivity contribution < 1.29 is 9.15 Å². The molecular formula is C22H20N4O2S. The smallest absolute Gasteiger partial charge is 0.217 e. The lowest BCUT2D eigenvalue weighted by Gasteiger charge is -2.04. The number of hydrogen-bond donors (Lipinski definition) is 0. The van der Waals surface area contributed by atoms with Crippen LogP contribution in [-0.2, 0) is 13.0 Å². The minimum absolute atomic E-state index is 0.354. The Balaban J connectivity index is 1.46. The summed E-state index contributed by atoms with van der Waals surface area (Å²) in [4.78, 5) is 11.6.